The highest BCUT2D eigenvalue weighted by Gasteiger charge is 2.29. The first kappa shape index (κ1) is 18.9. The molecule has 1 aliphatic heterocycles. The third-order valence-electron chi connectivity index (χ3n) is 4.68. The highest BCUT2D eigenvalue weighted by molar-refractivity contribution is 6.30. The predicted octanol–water partition coefficient (Wildman–Crippen LogP) is 3.50. The largest absolute Gasteiger partial charge is 0.368 e. The molecule has 4 rings (SSSR count). The summed E-state index contributed by atoms with van der Waals surface area (Å²) in [6.07, 6.45) is 4.55. The average Bonchev–Trinajstić information content (AvgIpc) is 2.74. The zero-order valence-electron chi connectivity index (χ0n) is 15.4. The molecule has 10 heteroatoms. The molecule has 0 radical (unpaired) electrons. The summed E-state index contributed by atoms with van der Waals surface area (Å²) >= 11 is 6.09. The lowest BCUT2D eigenvalue weighted by Gasteiger charge is -2.36. The lowest BCUT2D eigenvalue weighted by molar-refractivity contribution is -0.383. The first-order valence-corrected chi connectivity index (χ1v) is 9.41. The van der Waals surface area contributed by atoms with Crippen LogP contribution in [0.15, 0.2) is 55.1 Å². The molecule has 29 heavy (non-hydrogen) atoms. The van der Waals surface area contributed by atoms with Gasteiger partial charge in [0.05, 0.1) is 4.92 Å². The summed E-state index contributed by atoms with van der Waals surface area (Å²) < 4.78 is 0. The maximum Gasteiger partial charge on any atom is 0.353 e. The van der Waals surface area contributed by atoms with Crippen LogP contribution in [0, 0.1) is 10.1 Å². The summed E-state index contributed by atoms with van der Waals surface area (Å²) in [7, 11) is 0. The van der Waals surface area contributed by atoms with Crippen molar-refractivity contribution in [1.29, 1.82) is 0 Å². The van der Waals surface area contributed by atoms with E-state index < -0.39 is 4.92 Å². The van der Waals surface area contributed by atoms with Gasteiger partial charge in [0, 0.05) is 55.0 Å². The Bertz CT molecular complexity index is 1010. The van der Waals surface area contributed by atoms with Crippen LogP contribution >= 0.6 is 11.6 Å². The number of halogens is 1. The van der Waals surface area contributed by atoms with Crippen molar-refractivity contribution in [3.05, 3.63) is 70.3 Å². The fourth-order valence-corrected chi connectivity index (χ4v) is 3.47. The lowest BCUT2D eigenvalue weighted by Crippen LogP contribution is -2.47. The normalized spacial score (nSPS) is 14.0. The molecule has 0 unspecified atom stereocenters. The summed E-state index contributed by atoms with van der Waals surface area (Å²) in [6.45, 7) is 2.60. The van der Waals surface area contributed by atoms with Crippen molar-refractivity contribution in [2.45, 2.75) is 0 Å². The van der Waals surface area contributed by atoms with Crippen LogP contribution in [-0.4, -0.2) is 46.1 Å². The van der Waals surface area contributed by atoms with Gasteiger partial charge in [0.15, 0.2) is 0 Å². The molecule has 0 aliphatic carbocycles. The molecule has 0 amide bonds. The number of benzene rings is 1. The molecule has 0 saturated carbocycles. The van der Waals surface area contributed by atoms with E-state index >= 15 is 0 Å². The molecule has 3 heterocycles. The molecule has 148 valence electrons. The third kappa shape index (κ3) is 4.19. The number of piperazine rings is 1. The van der Waals surface area contributed by atoms with Crippen molar-refractivity contribution in [2.24, 2.45) is 0 Å². The zero-order valence-corrected chi connectivity index (χ0v) is 16.2. The van der Waals surface area contributed by atoms with Crippen LogP contribution < -0.4 is 15.1 Å². The number of hydrogen-bond acceptors (Lipinski definition) is 8. The van der Waals surface area contributed by atoms with Crippen molar-refractivity contribution in [3.63, 3.8) is 0 Å². The molecule has 3 aromatic rings. The molecule has 2 aromatic heterocycles. The number of hydrogen-bond donors (Lipinski definition) is 1. The van der Waals surface area contributed by atoms with Gasteiger partial charge in [0.1, 0.15) is 6.33 Å². The Kier molecular flexibility index (Phi) is 5.39. The molecule has 1 aliphatic rings. The van der Waals surface area contributed by atoms with Crippen LogP contribution in [0.1, 0.15) is 0 Å². The van der Waals surface area contributed by atoms with Crippen LogP contribution in [0.5, 0.6) is 0 Å². The van der Waals surface area contributed by atoms with Crippen LogP contribution in [0.4, 0.5) is 28.7 Å². The standard InChI is InChI=1S/C19H18ClN7O2/c20-14-2-1-3-16(12-14)25-8-10-26(11-9-25)19-17(27(28)29)18(22-13-23-19)24-15-4-6-21-7-5-15/h1-7,12-13H,8-11H2,(H,21,22,23,24). The molecule has 0 spiro atoms. The van der Waals surface area contributed by atoms with Crippen molar-refractivity contribution in [1.82, 2.24) is 15.0 Å². The fourth-order valence-electron chi connectivity index (χ4n) is 3.28. The molecular formula is C19H18ClN7O2. The first-order valence-electron chi connectivity index (χ1n) is 9.04. The van der Waals surface area contributed by atoms with Gasteiger partial charge in [-0.25, -0.2) is 9.97 Å². The fraction of sp³-hybridized carbons (Fsp3) is 0.211. The second-order valence-electron chi connectivity index (χ2n) is 6.47. The van der Waals surface area contributed by atoms with E-state index in [-0.39, 0.29) is 11.5 Å². The van der Waals surface area contributed by atoms with Gasteiger partial charge < -0.3 is 15.1 Å². The topological polar surface area (TPSA) is 100 Å². The van der Waals surface area contributed by atoms with E-state index in [1.165, 1.54) is 6.33 Å². The Hall–Kier alpha value is -3.46. The molecule has 9 nitrogen and oxygen atoms in total. The van der Waals surface area contributed by atoms with E-state index in [0.717, 1.165) is 5.69 Å². The van der Waals surface area contributed by atoms with Gasteiger partial charge >= 0.3 is 5.69 Å². The Labute approximate surface area is 172 Å². The molecular weight excluding hydrogens is 394 g/mol. The van der Waals surface area contributed by atoms with Gasteiger partial charge in [-0.3, -0.25) is 15.1 Å². The number of rotatable bonds is 5. The summed E-state index contributed by atoms with van der Waals surface area (Å²) in [5.41, 5.74) is 1.56. The molecule has 0 atom stereocenters. The van der Waals surface area contributed by atoms with Crippen molar-refractivity contribution in [3.8, 4) is 0 Å². The second kappa shape index (κ2) is 8.27. The van der Waals surface area contributed by atoms with Gasteiger partial charge in [-0.1, -0.05) is 17.7 Å². The van der Waals surface area contributed by atoms with Gasteiger partial charge in [-0.15, -0.1) is 0 Å². The van der Waals surface area contributed by atoms with E-state index in [9.17, 15) is 10.1 Å². The van der Waals surface area contributed by atoms with Crippen LogP contribution in [0.3, 0.4) is 0 Å². The predicted molar refractivity (Wildman–Crippen MR) is 112 cm³/mol. The van der Waals surface area contributed by atoms with Crippen LogP contribution in [0.25, 0.3) is 0 Å². The summed E-state index contributed by atoms with van der Waals surface area (Å²) in [6, 6.07) is 11.1. The minimum atomic E-state index is -0.442. The van der Waals surface area contributed by atoms with E-state index in [1.54, 1.807) is 24.5 Å². The number of aromatic nitrogens is 3. The van der Waals surface area contributed by atoms with E-state index in [0.29, 0.717) is 42.7 Å². The van der Waals surface area contributed by atoms with E-state index in [4.69, 9.17) is 11.6 Å². The number of nitrogens with zero attached hydrogens (tertiary/aromatic N) is 6. The monoisotopic (exact) mass is 411 g/mol. The van der Waals surface area contributed by atoms with Crippen LogP contribution in [-0.2, 0) is 0 Å². The molecule has 1 aromatic carbocycles. The SMILES string of the molecule is O=[N+]([O-])c1c(Nc2ccncc2)ncnc1N1CCN(c2cccc(Cl)c2)CC1. The summed E-state index contributed by atoms with van der Waals surface area (Å²) in [5.74, 6) is 0.468. The zero-order chi connectivity index (χ0) is 20.2. The molecule has 0 bridgehead atoms. The van der Waals surface area contributed by atoms with Crippen molar-refractivity contribution >= 4 is 40.3 Å². The third-order valence-corrected chi connectivity index (χ3v) is 4.92. The molecule has 1 saturated heterocycles. The summed E-state index contributed by atoms with van der Waals surface area (Å²) in [5, 5.41) is 15.5. The Morgan fingerprint density at radius 3 is 2.45 bits per heavy atom. The number of pyridine rings is 1. The average molecular weight is 412 g/mol. The maximum atomic E-state index is 11.8. The Morgan fingerprint density at radius 2 is 1.76 bits per heavy atom. The quantitative estimate of drug-likeness (QED) is 0.503. The minimum Gasteiger partial charge on any atom is -0.368 e. The van der Waals surface area contributed by atoms with Crippen LogP contribution in [0.2, 0.25) is 5.02 Å². The Morgan fingerprint density at radius 1 is 1.03 bits per heavy atom. The smallest absolute Gasteiger partial charge is 0.353 e. The first-order chi connectivity index (χ1) is 14.1. The summed E-state index contributed by atoms with van der Waals surface area (Å²) in [4.78, 5) is 27.7. The van der Waals surface area contributed by atoms with Gasteiger partial charge in [0.25, 0.3) is 0 Å². The minimum absolute atomic E-state index is 0.138. The van der Waals surface area contributed by atoms with Gasteiger partial charge in [0.2, 0.25) is 11.6 Å². The van der Waals surface area contributed by atoms with Gasteiger partial charge in [-0.05, 0) is 30.3 Å². The molecule has 1 fully saturated rings. The highest BCUT2D eigenvalue weighted by atomic mass is 35.5. The van der Waals surface area contributed by atoms with E-state index in [2.05, 4.69) is 25.2 Å². The van der Waals surface area contributed by atoms with Crippen molar-refractivity contribution in [2.75, 3.05) is 41.3 Å². The maximum absolute atomic E-state index is 11.8. The van der Waals surface area contributed by atoms with Crippen molar-refractivity contribution < 1.29 is 4.92 Å². The molecule has 1 N–H and O–H groups in total. The Balaban J connectivity index is 1.56. The second-order valence-corrected chi connectivity index (χ2v) is 6.90. The number of anilines is 4. The number of nitro groups is 1. The number of nitrogens with one attached hydrogen (secondary N) is 1. The van der Waals surface area contributed by atoms with E-state index in [1.807, 2.05) is 29.2 Å². The lowest BCUT2D eigenvalue weighted by atomic mass is 10.2. The highest BCUT2D eigenvalue weighted by Crippen LogP contribution is 2.34. The van der Waals surface area contributed by atoms with Gasteiger partial charge in [-0.2, -0.15) is 0 Å².